The van der Waals surface area contributed by atoms with Crippen LogP contribution >= 0.6 is 0 Å². The molecule has 0 aliphatic rings. The van der Waals surface area contributed by atoms with Crippen LogP contribution in [0.1, 0.15) is 35.5 Å². The van der Waals surface area contributed by atoms with Crippen LogP contribution in [0.3, 0.4) is 0 Å². The molecule has 1 heterocycles. The molecule has 0 saturated carbocycles. The molecule has 0 saturated heterocycles. The molecule has 0 aliphatic heterocycles. The Kier molecular flexibility index (Phi) is 7.15. The van der Waals surface area contributed by atoms with E-state index in [4.69, 9.17) is 13.9 Å². The van der Waals surface area contributed by atoms with Crippen molar-refractivity contribution in [2.24, 2.45) is 0 Å². The molecule has 0 bridgehead atoms. The summed E-state index contributed by atoms with van der Waals surface area (Å²) in [7, 11) is 1.51. The molecule has 1 aromatic heterocycles. The second-order valence-corrected chi connectivity index (χ2v) is 5.63. The van der Waals surface area contributed by atoms with Crippen molar-refractivity contribution in [3.8, 4) is 5.75 Å². The fraction of sp³-hybridized carbons (Fsp3) is 0.421. The molecule has 5 nitrogen and oxygen atoms in total. The molecule has 1 amide bonds. The van der Waals surface area contributed by atoms with Gasteiger partial charge in [0.1, 0.15) is 24.0 Å². The minimum absolute atomic E-state index is 0.0489. The van der Waals surface area contributed by atoms with Crippen molar-refractivity contribution in [3.05, 3.63) is 53.0 Å². The summed E-state index contributed by atoms with van der Waals surface area (Å²) < 4.78 is 43.6. The number of ether oxygens (including phenoxy) is 2. The average Bonchev–Trinajstić information content (AvgIpc) is 3.07. The molecular weight excluding hydrogens is 344 g/mol. The molecule has 1 aromatic carbocycles. The molecule has 0 N–H and O–H groups in total. The van der Waals surface area contributed by atoms with E-state index in [1.165, 1.54) is 13.4 Å². The number of furan rings is 1. The van der Waals surface area contributed by atoms with Gasteiger partial charge in [-0.05, 0) is 19.9 Å². The van der Waals surface area contributed by atoms with Crippen molar-refractivity contribution < 1.29 is 27.5 Å². The Balaban J connectivity index is 2.32. The first-order valence-corrected chi connectivity index (χ1v) is 8.47. The van der Waals surface area contributed by atoms with Crippen LogP contribution in [0.2, 0.25) is 0 Å². The summed E-state index contributed by atoms with van der Waals surface area (Å²) in [5, 5.41) is 0. The van der Waals surface area contributed by atoms with Gasteiger partial charge >= 0.3 is 0 Å². The minimum Gasteiger partial charge on any atom is -0.491 e. The summed E-state index contributed by atoms with van der Waals surface area (Å²) in [6, 6.07) is 3.53. The van der Waals surface area contributed by atoms with Crippen LogP contribution in [0.5, 0.6) is 5.75 Å². The molecular formula is C19H23F2NO4. The third-order valence-electron chi connectivity index (χ3n) is 4.02. The second kappa shape index (κ2) is 9.33. The zero-order chi connectivity index (χ0) is 19.1. The van der Waals surface area contributed by atoms with Gasteiger partial charge in [-0.15, -0.1) is 0 Å². The summed E-state index contributed by atoms with van der Waals surface area (Å²) in [4.78, 5) is 14.2. The monoisotopic (exact) mass is 367 g/mol. The number of hydrogen-bond donors (Lipinski definition) is 0. The molecule has 0 spiro atoms. The third kappa shape index (κ3) is 4.60. The van der Waals surface area contributed by atoms with E-state index in [-0.39, 0.29) is 42.6 Å². The summed E-state index contributed by atoms with van der Waals surface area (Å²) in [5.41, 5.74) is 0.682. The van der Waals surface area contributed by atoms with Gasteiger partial charge < -0.3 is 18.8 Å². The first-order valence-electron chi connectivity index (χ1n) is 8.47. The van der Waals surface area contributed by atoms with Crippen LogP contribution in [-0.2, 0) is 11.2 Å². The van der Waals surface area contributed by atoms with Gasteiger partial charge in [-0.1, -0.05) is 0 Å². The number of benzene rings is 1. The predicted molar refractivity (Wildman–Crippen MR) is 92.5 cm³/mol. The average molecular weight is 367 g/mol. The van der Waals surface area contributed by atoms with Crippen LogP contribution in [-0.4, -0.2) is 44.2 Å². The van der Waals surface area contributed by atoms with E-state index in [2.05, 4.69) is 0 Å². The fourth-order valence-electron chi connectivity index (χ4n) is 2.62. The SMILES string of the molecule is CCN(CC)C(=O)c1occc1Cc1c(F)cc(F)cc1OCCOC. The largest absolute Gasteiger partial charge is 0.491 e. The van der Waals surface area contributed by atoms with Crippen molar-refractivity contribution in [1.82, 2.24) is 4.90 Å². The molecule has 142 valence electrons. The Bertz CT molecular complexity index is 741. The predicted octanol–water partition coefficient (Wildman–Crippen LogP) is 3.66. The number of rotatable bonds is 9. The fourth-order valence-corrected chi connectivity index (χ4v) is 2.62. The molecule has 0 atom stereocenters. The lowest BCUT2D eigenvalue weighted by Gasteiger charge is -2.18. The maximum atomic E-state index is 14.4. The first-order chi connectivity index (χ1) is 12.5. The van der Waals surface area contributed by atoms with Gasteiger partial charge in [0.15, 0.2) is 5.76 Å². The van der Waals surface area contributed by atoms with Crippen LogP contribution < -0.4 is 4.74 Å². The summed E-state index contributed by atoms with van der Waals surface area (Å²) in [5.74, 6) is -1.49. The highest BCUT2D eigenvalue weighted by molar-refractivity contribution is 5.93. The molecule has 2 rings (SSSR count). The van der Waals surface area contributed by atoms with Crippen molar-refractivity contribution in [2.45, 2.75) is 20.3 Å². The van der Waals surface area contributed by atoms with E-state index in [1.807, 2.05) is 13.8 Å². The zero-order valence-corrected chi connectivity index (χ0v) is 15.2. The number of carbonyl (C=O) groups excluding carboxylic acids is 1. The lowest BCUT2D eigenvalue weighted by atomic mass is 10.0. The van der Waals surface area contributed by atoms with Crippen molar-refractivity contribution >= 4 is 5.91 Å². The lowest BCUT2D eigenvalue weighted by Crippen LogP contribution is -2.30. The normalized spacial score (nSPS) is 10.8. The molecule has 0 unspecified atom stereocenters. The van der Waals surface area contributed by atoms with Crippen LogP contribution in [0.4, 0.5) is 8.78 Å². The van der Waals surface area contributed by atoms with E-state index < -0.39 is 11.6 Å². The number of hydrogen-bond acceptors (Lipinski definition) is 4. The van der Waals surface area contributed by atoms with Crippen LogP contribution in [0, 0.1) is 11.6 Å². The van der Waals surface area contributed by atoms with Crippen molar-refractivity contribution in [2.75, 3.05) is 33.4 Å². The molecule has 0 radical (unpaired) electrons. The second-order valence-electron chi connectivity index (χ2n) is 5.63. The standard InChI is InChI=1S/C19H23F2NO4/c1-4-22(5-2)19(23)18-13(6-7-26-18)10-15-16(21)11-14(20)12-17(15)25-9-8-24-3/h6-7,11-12H,4-5,8-10H2,1-3H3. The number of carbonyl (C=O) groups is 1. The Morgan fingerprint density at radius 3 is 2.58 bits per heavy atom. The highest BCUT2D eigenvalue weighted by atomic mass is 19.1. The molecule has 2 aromatic rings. The van der Waals surface area contributed by atoms with Gasteiger partial charge in [-0.2, -0.15) is 0 Å². The Hall–Kier alpha value is -2.41. The van der Waals surface area contributed by atoms with Gasteiger partial charge in [0, 0.05) is 49.9 Å². The zero-order valence-electron chi connectivity index (χ0n) is 15.2. The summed E-state index contributed by atoms with van der Waals surface area (Å²) in [6.45, 7) is 5.24. The Morgan fingerprint density at radius 1 is 1.19 bits per heavy atom. The topological polar surface area (TPSA) is 51.9 Å². The smallest absolute Gasteiger partial charge is 0.289 e. The molecule has 0 fully saturated rings. The number of methoxy groups -OCH3 is 1. The lowest BCUT2D eigenvalue weighted by molar-refractivity contribution is 0.0739. The summed E-state index contributed by atoms with van der Waals surface area (Å²) in [6.07, 6.45) is 1.44. The maximum Gasteiger partial charge on any atom is 0.289 e. The van der Waals surface area contributed by atoms with Gasteiger partial charge in [0.25, 0.3) is 5.91 Å². The van der Waals surface area contributed by atoms with E-state index >= 15 is 0 Å². The van der Waals surface area contributed by atoms with Gasteiger partial charge in [0.05, 0.1) is 12.9 Å². The summed E-state index contributed by atoms with van der Waals surface area (Å²) >= 11 is 0. The molecule has 26 heavy (non-hydrogen) atoms. The van der Waals surface area contributed by atoms with Gasteiger partial charge in [0.2, 0.25) is 0 Å². The number of nitrogens with zero attached hydrogens (tertiary/aromatic N) is 1. The van der Waals surface area contributed by atoms with E-state index in [0.717, 1.165) is 12.1 Å². The van der Waals surface area contributed by atoms with Crippen LogP contribution in [0.25, 0.3) is 0 Å². The quantitative estimate of drug-likeness (QED) is 0.635. The number of halogens is 2. The highest BCUT2D eigenvalue weighted by Crippen LogP contribution is 2.28. The van der Waals surface area contributed by atoms with Gasteiger partial charge in [-0.25, -0.2) is 8.78 Å². The minimum atomic E-state index is -0.736. The molecule has 0 aliphatic carbocycles. The highest BCUT2D eigenvalue weighted by Gasteiger charge is 2.22. The van der Waals surface area contributed by atoms with E-state index in [9.17, 15) is 13.6 Å². The van der Waals surface area contributed by atoms with Crippen LogP contribution in [0.15, 0.2) is 28.9 Å². The van der Waals surface area contributed by atoms with E-state index in [1.54, 1.807) is 11.0 Å². The molecule has 7 heteroatoms. The number of amides is 1. The Labute approximate surface area is 151 Å². The Morgan fingerprint density at radius 2 is 1.92 bits per heavy atom. The van der Waals surface area contributed by atoms with Crippen molar-refractivity contribution in [1.29, 1.82) is 0 Å². The third-order valence-corrected chi connectivity index (χ3v) is 4.02. The maximum absolute atomic E-state index is 14.4. The first kappa shape index (κ1) is 19.9. The van der Waals surface area contributed by atoms with Gasteiger partial charge in [-0.3, -0.25) is 4.79 Å². The van der Waals surface area contributed by atoms with Crippen molar-refractivity contribution in [3.63, 3.8) is 0 Å². The van der Waals surface area contributed by atoms with E-state index in [0.29, 0.717) is 18.7 Å².